The number of oxazole rings is 1. The van der Waals surface area contributed by atoms with E-state index in [0.29, 0.717) is 6.54 Å². The van der Waals surface area contributed by atoms with Crippen LogP contribution in [0, 0.1) is 12.8 Å². The van der Waals surface area contributed by atoms with E-state index in [-0.39, 0.29) is 5.41 Å². The van der Waals surface area contributed by atoms with Gasteiger partial charge in [-0.15, -0.1) is 0 Å². The summed E-state index contributed by atoms with van der Waals surface area (Å²) in [4.78, 5) is 4.70. The fourth-order valence-corrected chi connectivity index (χ4v) is 3.08. The maximum Gasteiger partial charge on any atom is 0.202 e. The van der Waals surface area contributed by atoms with Crippen molar-refractivity contribution in [3.8, 4) is 0 Å². The highest BCUT2D eigenvalue weighted by Gasteiger charge is 2.39. The van der Waals surface area contributed by atoms with E-state index < -0.39 is 0 Å². The first-order chi connectivity index (χ1) is 9.13. The molecular formula is C16H22N2O. The van der Waals surface area contributed by atoms with E-state index in [4.69, 9.17) is 15.1 Å². The van der Waals surface area contributed by atoms with Gasteiger partial charge in [0.15, 0.2) is 5.58 Å². The first kappa shape index (κ1) is 12.7. The monoisotopic (exact) mass is 258 g/mol. The van der Waals surface area contributed by atoms with Gasteiger partial charge in [0, 0.05) is 6.54 Å². The minimum absolute atomic E-state index is 0.0422. The molecule has 0 bridgehead atoms. The van der Waals surface area contributed by atoms with Crippen molar-refractivity contribution in [2.45, 2.75) is 44.9 Å². The molecule has 0 saturated heterocycles. The lowest BCUT2D eigenvalue weighted by molar-refractivity contribution is 0.210. The largest absolute Gasteiger partial charge is 0.440 e. The molecule has 102 valence electrons. The topological polar surface area (TPSA) is 52.0 Å². The lowest BCUT2D eigenvalue weighted by Crippen LogP contribution is -2.38. The van der Waals surface area contributed by atoms with Crippen LogP contribution in [0.15, 0.2) is 22.6 Å². The Hall–Kier alpha value is -1.35. The van der Waals surface area contributed by atoms with Gasteiger partial charge in [-0.05, 0) is 56.2 Å². The van der Waals surface area contributed by atoms with E-state index >= 15 is 0 Å². The molecule has 3 heteroatoms. The number of nitrogens with zero attached hydrogens (tertiary/aromatic N) is 1. The van der Waals surface area contributed by atoms with Gasteiger partial charge in [-0.25, -0.2) is 4.98 Å². The maximum atomic E-state index is 6.07. The summed E-state index contributed by atoms with van der Waals surface area (Å²) in [7, 11) is 0. The van der Waals surface area contributed by atoms with Crippen LogP contribution in [-0.4, -0.2) is 11.5 Å². The number of fused-ring (bicyclic) bond motifs is 1. The van der Waals surface area contributed by atoms with E-state index in [1.807, 2.05) is 6.07 Å². The molecule has 0 aliphatic heterocycles. The molecular weight excluding hydrogens is 236 g/mol. The number of benzene rings is 1. The zero-order valence-corrected chi connectivity index (χ0v) is 11.8. The minimum Gasteiger partial charge on any atom is -0.440 e. The highest BCUT2D eigenvalue weighted by atomic mass is 16.3. The lowest BCUT2D eigenvalue weighted by Gasteiger charge is -2.35. The van der Waals surface area contributed by atoms with Gasteiger partial charge in [-0.2, -0.15) is 0 Å². The fraction of sp³-hybridized carbons (Fsp3) is 0.562. The average Bonchev–Trinajstić information content (AvgIpc) is 2.83. The van der Waals surface area contributed by atoms with E-state index in [2.05, 4.69) is 26.0 Å². The molecule has 3 rings (SSSR count). The lowest BCUT2D eigenvalue weighted by atomic mass is 9.71. The van der Waals surface area contributed by atoms with Gasteiger partial charge >= 0.3 is 0 Å². The fourth-order valence-electron chi connectivity index (χ4n) is 3.08. The second-order valence-corrected chi connectivity index (χ2v) is 6.16. The molecule has 0 spiro atoms. The van der Waals surface area contributed by atoms with Crippen LogP contribution in [0.3, 0.4) is 0 Å². The molecule has 3 nitrogen and oxygen atoms in total. The van der Waals surface area contributed by atoms with Crippen LogP contribution in [0.25, 0.3) is 11.1 Å². The van der Waals surface area contributed by atoms with Crippen molar-refractivity contribution in [2.75, 3.05) is 6.54 Å². The molecule has 2 N–H and O–H groups in total. The smallest absolute Gasteiger partial charge is 0.202 e. The Balaban J connectivity index is 2.01. The Labute approximate surface area is 114 Å². The van der Waals surface area contributed by atoms with Crippen molar-refractivity contribution < 1.29 is 4.42 Å². The predicted octanol–water partition coefficient (Wildman–Crippen LogP) is 3.54. The van der Waals surface area contributed by atoms with Crippen LogP contribution in [-0.2, 0) is 5.41 Å². The molecule has 1 aliphatic carbocycles. The molecule has 1 fully saturated rings. The molecule has 0 unspecified atom stereocenters. The number of hydrogen-bond acceptors (Lipinski definition) is 3. The minimum atomic E-state index is -0.0422. The van der Waals surface area contributed by atoms with Crippen molar-refractivity contribution in [1.29, 1.82) is 0 Å². The molecule has 0 amide bonds. The van der Waals surface area contributed by atoms with Crippen LogP contribution >= 0.6 is 0 Å². The van der Waals surface area contributed by atoms with Crippen LogP contribution < -0.4 is 5.73 Å². The quantitative estimate of drug-likeness (QED) is 0.896. The maximum absolute atomic E-state index is 6.07. The molecule has 1 aliphatic rings. The second-order valence-electron chi connectivity index (χ2n) is 6.16. The number of rotatable bonds is 2. The third-order valence-corrected chi connectivity index (χ3v) is 4.62. The van der Waals surface area contributed by atoms with E-state index in [0.717, 1.165) is 35.7 Å². The first-order valence-electron chi connectivity index (χ1n) is 7.21. The van der Waals surface area contributed by atoms with Gasteiger partial charge in [-0.1, -0.05) is 13.0 Å². The Morgan fingerprint density at radius 3 is 2.79 bits per heavy atom. The number of aromatic nitrogens is 1. The predicted molar refractivity (Wildman–Crippen MR) is 77.1 cm³/mol. The van der Waals surface area contributed by atoms with Crippen LogP contribution in [0.1, 0.15) is 44.1 Å². The number of nitrogens with two attached hydrogens (primary N) is 1. The van der Waals surface area contributed by atoms with Gasteiger partial charge in [0.2, 0.25) is 5.89 Å². The van der Waals surface area contributed by atoms with Crippen LogP contribution in [0.2, 0.25) is 0 Å². The Morgan fingerprint density at radius 1 is 1.37 bits per heavy atom. The summed E-state index contributed by atoms with van der Waals surface area (Å²) in [5, 5.41) is 0. The Kier molecular flexibility index (Phi) is 3.09. The van der Waals surface area contributed by atoms with E-state index in [1.54, 1.807) is 0 Å². The van der Waals surface area contributed by atoms with Gasteiger partial charge in [0.05, 0.1) is 5.41 Å². The zero-order chi connectivity index (χ0) is 13.5. The summed E-state index contributed by atoms with van der Waals surface area (Å²) in [6.07, 6.45) is 4.62. The molecule has 1 heterocycles. The van der Waals surface area contributed by atoms with Crippen molar-refractivity contribution in [1.82, 2.24) is 4.98 Å². The Morgan fingerprint density at radius 2 is 2.11 bits per heavy atom. The summed E-state index contributed by atoms with van der Waals surface area (Å²) in [6.45, 7) is 5.02. The number of aryl methyl sites for hydroxylation is 1. The van der Waals surface area contributed by atoms with Crippen LogP contribution in [0.5, 0.6) is 0 Å². The van der Waals surface area contributed by atoms with Gasteiger partial charge in [0.25, 0.3) is 0 Å². The van der Waals surface area contributed by atoms with Crippen molar-refractivity contribution >= 4 is 11.1 Å². The third-order valence-electron chi connectivity index (χ3n) is 4.62. The normalized spacial score (nSPS) is 27.8. The summed E-state index contributed by atoms with van der Waals surface area (Å²) in [5.41, 5.74) is 9.07. The summed E-state index contributed by atoms with van der Waals surface area (Å²) >= 11 is 0. The molecule has 1 aromatic carbocycles. The summed E-state index contributed by atoms with van der Waals surface area (Å²) in [6, 6.07) is 6.17. The third kappa shape index (κ3) is 2.16. The second kappa shape index (κ2) is 4.64. The van der Waals surface area contributed by atoms with Gasteiger partial charge in [0.1, 0.15) is 5.52 Å². The molecule has 1 saturated carbocycles. The molecule has 1 aromatic heterocycles. The van der Waals surface area contributed by atoms with Crippen molar-refractivity contribution in [2.24, 2.45) is 11.7 Å². The highest BCUT2D eigenvalue weighted by Crippen LogP contribution is 2.41. The van der Waals surface area contributed by atoms with E-state index in [9.17, 15) is 0 Å². The van der Waals surface area contributed by atoms with E-state index in [1.165, 1.54) is 18.4 Å². The molecule has 0 atom stereocenters. The van der Waals surface area contributed by atoms with Gasteiger partial charge < -0.3 is 10.2 Å². The standard InChI is InChI=1S/C16H22N2O/c1-11-5-7-16(10-17,8-6-11)15-18-13-4-3-12(2)9-14(13)19-15/h3-4,9,11H,5-8,10,17H2,1-2H3. The molecule has 2 aromatic rings. The SMILES string of the molecule is Cc1ccc2nc(C3(CN)CCC(C)CC3)oc2c1. The van der Waals surface area contributed by atoms with Gasteiger partial charge in [-0.3, -0.25) is 0 Å². The zero-order valence-electron chi connectivity index (χ0n) is 11.8. The van der Waals surface area contributed by atoms with Crippen molar-refractivity contribution in [3.63, 3.8) is 0 Å². The number of hydrogen-bond donors (Lipinski definition) is 1. The molecule has 0 radical (unpaired) electrons. The van der Waals surface area contributed by atoms with Crippen molar-refractivity contribution in [3.05, 3.63) is 29.7 Å². The highest BCUT2D eigenvalue weighted by molar-refractivity contribution is 5.73. The van der Waals surface area contributed by atoms with Crippen LogP contribution in [0.4, 0.5) is 0 Å². The Bertz CT molecular complexity index is 579. The summed E-state index contributed by atoms with van der Waals surface area (Å²) in [5.74, 6) is 1.65. The summed E-state index contributed by atoms with van der Waals surface area (Å²) < 4.78 is 6.03. The first-order valence-corrected chi connectivity index (χ1v) is 7.21. The molecule has 19 heavy (non-hydrogen) atoms. The average molecular weight is 258 g/mol.